The molecule has 1 aliphatic heterocycles. The fourth-order valence-electron chi connectivity index (χ4n) is 6.81. The van der Waals surface area contributed by atoms with Gasteiger partial charge in [0.25, 0.3) is 5.91 Å². The van der Waals surface area contributed by atoms with Crippen LogP contribution in [0.15, 0.2) is 54.6 Å². The molecular formula is C30H36F3N3O2. The molecule has 2 aliphatic carbocycles. The van der Waals surface area contributed by atoms with Crippen LogP contribution < -0.4 is 10.6 Å². The summed E-state index contributed by atoms with van der Waals surface area (Å²) in [7, 11) is 0. The molecule has 2 aromatic rings. The van der Waals surface area contributed by atoms with E-state index in [-0.39, 0.29) is 23.4 Å². The zero-order chi connectivity index (χ0) is 26.8. The number of hydrogen-bond acceptors (Lipinski definition) is 3. The van der Waals surface area contributed by atoms with Crippen molar-refractivity contribution in [2.24, 2.45) is 5.41 Å². The minimum absolute atomic E-state index is 0.0665. The topological polar surface area (TPSA) is 61.4 Å². The van der Waals surface area contributed by atoms with Gasteiger partial charge in [-0.15, -0.1) is 0 Å². The van der Waals surface area contributed by atoms with Gasteiger partial charge in [0.15, 0.2) is 0 Å². The lowest BCUT2D eigenvalue weighted by atomic mass is 9.78. The summed E-state index contributed by atoms with van der Waals surface area (Å²) in [6.45, 7) is 1.10. The Bertz CT molecular complexity index is 1130. The lowest BCUT2D eigenvalue weighted by Gasteiger charge is -2.37. The summed E-state index contributed by atoms with van der Waals surface area (Å²) in [6, 6.07) is 15.9. The molecule has 2 N–H and O–H groups in total. The molecule has 1 spiro atoms. The summed E-state index contributed by atoms with van der Waals surface area (Å²) >= 11 is 0. The van der Waals surface area contributed by atoms with Crippen molar-refractivity contribution >= 4 is 11.8 Å². The molecule has 1 heterocycles. The normalized spacial score (nSPS) is 27.6. The largest absolute Gasteiger partial charge is 0.416 e. The first-order chi connectivity index (χ1) is 18.2. The predicted molar refractivity (Wildman–Crippen MR) is 140 cm³/mol. The summed E-state index contributed by atoms with van der Waals surface area (Å²) in [4.78, 5) is 27.2. The fourth-order valence-corrected chi connectivity index (χ4v) is 6.81. The highest BCUT2D eigenvalue weighted by Gasteiger charge is 2.49. The molecule has 1 saturated heterocycles. The number of nitrogens with zero attached hydrogens (tertiary/aromatic N) is 1. The molecule has 2 atom stereocenters. The highest BCUT2D eigenvalue weighted by Crippen LogP contribution is 2.46. The Morgan fingerprint density at radius 3 is 2.45 bits per heavy atom. The summed E-state index contributed by atoms with van der Waals surface area (Å²) in [6.07, 6.45) is 4.48. The van der Waals surface area contributed by atoms with Crippen LogP contribution in [-0.2, 0) is 11.0 Å². The number of alkyl halides is 3. The lowest BCUT2D eigenvalue weighted by molar-refractivity contribution is -0.137. The van der Waals surface area contributed by atoms with Gasteiger partial charge < -0.3 is 15.5 Å². The van der Waals surface area contributed by atoms with Crippen molar-refractivity contribution in [3.05, 3.63) is 71.3 Å². The first kappa shape index (κ1) is 26.7. The molecule has 2 amide bonds. The van der Waals surface area contributed by atoms with Crippen LogP contribution >= 0.6 is 0 Å². The molecule has 0 radical (unpaired) electrons. The number of carbonyl (C=O) groups is 2. The van der Waals surface area contributed by atoms with Crippen LogP contribution in [0.2, 0.25) is 0 Å². The number of benzene rings is 2. The van der Waals surface area contributed by atoms with E-state index in [0.717, 1.165) is 50.7 Å². The maximum Gasteiger partial charge on any atom is 0.416 e. The summed E-state index contributed by atoms with van der Waals surface area (Å²) in [5, 5.41) is 6.49. The number of likely N-dealkylation sites (tertiary alicyclic amines) is 1. The third-order valence-corrected chi connectivity index (χ3v) is 8.93. The van der Waals surface area contributed by atoms with Crippen molar-refractivity contribution in [2.75, 3.05) is 19.6 Å². The number of halogens is 3. The monoisotopic (exact) mass is 527 g/mol. The van der Waals surface area contributed by atoms with E-state index in [0.29, 0.717) is 31.1 Å². The van der Waals surface area contributed by atoms with E-state index in [1.54, 1.807) is 0 Å². The smallest absolute Gasteiger partial charge is 0.343 e. The standard InChI is InChI=1S/C30H36F3N3O2/c31-30(32,33)24-9-4-8-23(18-24)28(38)34-19-27(37)36-17-16-29(20-36)15-5-10-26(29)35-25-13-11-22(12-14-25)21-6-2-1-3-7-21/h1-4,6-9,18,22,25-26,35H,5,10-17,19-20H2,(H,34,38)/t22?,25?,26?,29-/m1/s1. The van der Waals surface area contributed by atoms with Crippen molar-refractivity contribution in [1.29, 1.82) is 0 Å². The van der Waals surface area contributed by atoms with E-state index < -0.39 is 17.6 Å². The molecule has 0 aromatic heterocycles. The second kappa shape index (κ2) is 11.1. The van der Waals surface area contributed by atoms with Gasteiger partial charge in [0.1, 0.15) is 0 Å². The molecule has 38 heavy (non-hydrogen) atoms. The van der Waals surface area contributed by atoms with Gasteiger partial charge in [-0.05, 0) is 74.6 Å². The van der Waals surface area contributed by atoms with E-state index in [1.807, 2.05) is 4.90 Å². The first-order valence-corrected chi connectivity index (χ1v) is 13.8. The Balaban J connectivity index is 1.11. The van der Waals surface area contributed by atoms with Gasteiger partial charge in [-0.1, -0.05) is 42.8 Å². The van der Waals surface area contributed by atoms with Gasteiger partial charge >= 0.3 is 6.18 Å². The van der Waals surface area contributed by atoms with Crippen LogP contribution in [0.1, 0.15) is 78.8 Å². The van der Waals surface area contributed by atoms with Gasteiger partial charge in [-0.3, -0.25) is 9.59 Å². The number of carbonyl (C=O) groups excluding carboxylic acids is 2. The van der Waals surface area contributed by atoms with Gasteiger partial charge in [0.05, 0.1) is 12.1 Å². The van der Waals surface area contributed by atoms with Crippen molar-refractivity contribution in [2.45, 2.75) is 75.5 Å². The third kappa shape index (κ3) is 5.90. The van der Waals surface area contributed by atoms with Crippen molar-refractivity contribution < 1.29 is 22.8 Å². The minimum Gasteiger partial charge on any atom is -0.343 e. The van der Waals surface area contributed by atoms with Crippen LogP contribution in [0, 0.1) is 5.41 Å². The van der Waals surface area contributed by atoms with E-state index in [9.17, 15) is 22.8 Å². The first-order valence-electron chi connectivity index (χ1n) is 13.8. The van der Waals surface area contributed by atoms with E-state index >= 15 is 0 Å². The molecule has 5 nitrogen and oxygen atoms in total. The maximum absolute atomic E-state index is 13.0. The van der Waals surface area contributed by atoms with Crippen LogP contribution in [-0.4, -0.2) is 48.4 Å². The molecule has 2 aromatic carbocycles. The molecular weight excluding hydrogens is 491 g/mol. The van der Waals surface area contributed by atoms with Gasteiger partial charge in [-0.25, -0.2) is 0 Å². The highest BCUT2D eigenvalue weighted by molar-refractivity contribution is 5.96. The number of rotatable bonds is 6. The van der Waals surface area contributed by atoms with Gasteiger partial charge in [-0.2, -0.15) is 13.2 Å². The summed E-state index contributed by atoms with van der Waals surface area (Å²) < 4.78 is 38.9. The Hall–Kier alpha value is -2.87. The number of hydrogen-bond donors (Lipinski definition) is 2. The SMILES string of the molecule is O=C(NCC(=O)N1CC[C@]2(CCCC2NC2CCC(c3ccccc3)CC2)C1)c1cccc(C(F)(F)F)c1. The average Bonchev–Trinajstić information content (AvgIpc) is 3.54. The van der Waals surface area contributed by atoms with Crippen molar-refractivity contribution in [3.8, 4) is 0 Å². The van der Waals surface area contributed by atoms with Gasteiger partial charge in [0.2, 0.25) is 5.91 Å². The number of amides is 2. The highest BCUT2D eigenvalue weighted by atomic mass is 19.4. The molecule has 204 valence electrons. The molecule has 8 heteroatoms. The quantitative estimate of drug-likeness (QED) is 0.520. The van der Waals surface area contributed by atoms with Crippen molar-refractivity contribution in [3.63, 3.8) is 0 Å². The third-order valence-electron chi connectivity index (χ3n) is 8.93. The van der Waals surface area contributed by atoms with Gasteiger partial charge in [0, 0.05) is 36.2 Å². The van der Waals surface area contributed by atoms with Crippen LogP contribution in [0.25, 0.3) is 0 Å². The molecule has 5 rings (SSSR count). The Labute approximate surface area is 222 Å². The Morgan fingerprint density at radius 1 is 0.947 bits per heavy atom. The molecule has 0 bridgehead atoms. The lowest BCUT2D eigenvalue weighted by Crippen LogP contribution is -2.49. The minimum atomic E-state index is -4.52. The summed E-state index contributed by atoms with van der Waals surface area (Å²) in [5.74, 6) is -0.223. The molecule has 3 aliphatic rings. The van der Waals surface area contributed by atoms with E-state index in [2.05, 4.69) is 41.0 Å². The molecule has 1 unspecified atom stereocenters. The van der Waals surface area contributed by atoms with E-state index in [1.165, 1.54) is 30.5 Å². The molecule has 2 saturated carbocycles. The zero-order valence-electron chi connectivity index (χ0n) is 21.6. The predicted octanol–water partition coefficient (Wildman–Crippen LogP) is 5.52. The Kier molecular flexibility index (Phi) is 7.80. The van der Waals surface area contributed by atoms with Crippen LogP contribution in [0.3, 0.4) is 0 Å². The number of nitrogens with one attached hydrogen (secondary N) is 2. The maximum atomic E-state index is 13.0. The van der Waals surface area contributed by atoms with Crippen LogP contribution in [0.4, 0.5) is 13.2 Å². The second-order valence-electron chi connectivity index (χ2n) is 11.3. The summed E-state index contributed by atoms with van der Waals surface area (Å²) in [5.41, 5.74) is 0.518. The Morgan fingerprint density at radius 2 is 1.71 bits per heavy atom. The average molecular weight is 528 g/mol. The zero-order valence-corrected chi connectivity index (χ0v) is 21.6. The van der Waals surface area contributed by atoms with E-state index in [4.69, 9.17) is 0 Å². The van der Waals surface area contributed by atoms with Crippen LogP contribution in [0.5, 0.6) is 0 Å². The fraction of sp³-hybridized carbons (Fsp3) is 0.533. The second-order valence-corrected chi connectivity index (χ2v) is 11.3. The van der Waals surface area contributed by atoms with Crippen molar-refractivity contribution in [1.82, 2.24) is 15.5 Å². The molecule has 3 fully saturated rings.